The SMILES string of the molecule is CCCN(CCO)C(=O)COc1c(C)cccc1C. The zero-order chi connectivity index (χ0) is 14.3. The van der Waals surface area contributed by atoms with Gasteiger partial charge in [-0.05, 0) is 31.4 Å². The number of ether oxygens (including phenoxy) is 1. The summed E-state index contributed by atoms with van der Waals surface area (Å²) in [6.07, 6.45) is 0.870. The highest BCUT2D eigenvalue weighted by atomic mass is 16.5. The molecule has 1 rings (SSSR count). The van der Waals surface area contributed by atoms with Gasteiger partial charge in [-0.3, -0.25) is 4.79 Å². The zero-order valence-corrected chi connectivity index (χ0v) is 12.0. The fourth-order valence-electron chi connectivity index (χ4n) is 2.00. The number of benzene rings is 1. The van der Waals surface area contributed by atoms with Crippen LogP contribution in [0.5, 0.6) is 5.75 Å². The Hall–Kier alpha value is -1.55. The Morgan fingerprint density at radius 1 is 1.26 bits per heavy atom. The molecule has 1 N–H and O–H groups in total. The minimum atomic E-state index is -0.0847. The van der Waals surface area contributed by atoms with Crippen LogP contribution in [-0.4, -0.2) is 42.2 Å². The van der Waals surface area contributed by atoms with Crippen LogP contribution in [0, 0.1) is 13.8 Å². The maximum atomic E-state index is 12.0. The summed E-state index contributed by atoms with van der Waals surface area (Å²) in [7, 11) is 0. The van der Waals surface area contributed by atoms with Gasteiger partial charge in [0.25, 0.3) is 5.91 Å². The second-order valence-electron chi connectivity index (χ2n) is 4.61. The Balaban J connectivity index is 2.62. The molecule has 0 atom stereocenters. The van der Waals surface area contributed by atoms with Gasteiger partial charge in [0.15, 0.2) is 6.61 Å². The number of carbonyl (C=O) groups excluding carboxylic acids is 1. The maximum Gasteiger partial charge on any atom is 0.260 e. The number of amides is 1. The van der Waals surface area contributed by atoms with E-state index in [1.165, 1.54) is 0 Å². The Labute approximate surface area is 115 Å². The minimum absolute atomic E-state index is 0.0187. The number of rotatable bonds is 7. The van der Waals surface area contributed by atoms with Crippen LogP contribution in [0.1, 0.15) is 24.5 Å². The first-order chi connectivity index (χ1) is 9.10. The lowest BCUT2D eigenvalue weighted by atomic mass is 10.1. The Morgan fingerprint density at radius 2 is 1.89 bits per heavy atom. The van der Waals surface area contributed by atoms with E-state index in [0.29, 0.717) is 13.1 Å². The van der Waals surface area contributed by atoms with E-state index < -0.39 is 0 Å². The molecule has 0 aliphatic rings. The molecule has 0 unspecified atom stereocenters. The topological polar surface area (TPSA) is 49.8 Å². The number of aliphatic hydroxyl groups is 1. The van der Waals surface area contributed by atoms with E-state index in [1.54, 1.807) is 4.90 Å². The van der Waals surface area contributed by atoms with Gasteiger partial charge < -0.3 is 14.7 Å². The third-order valence-corrected chi connectivity index (χ3v) is 2.96. The summed E-state index contributed by atoms with van der Waals surface area (Å²) < 4.78 is 5.63. The van der Waals surface area contributed by atoms with Crippen LogP contribution in [0.15, 0.2) is 18.2 Å². The smallest absolute Gasteiger partial charge is 0.260 e. The van der Waals surface area contributed by atoms with Crippen molar-refractivity contribution in [2.24, 2.45) is 0 Å². The molecule has 4 heteroatoms. The van der Waals surface area contributed by atoms with Gasteiger partial charge in [-0.2, -0.15) is 0 Å². The molecule has 0 aliphatic heterocycles. The average molecular weight is 265 g/mol. The lowest BCUT2D eigenvalue weighted by molar-refractivity contribution is -0.133. The third-order valence-electron chi connectivity index (χ3n) is 2.96. The molecule has 0 saturated carbocycles. The lowest BCUT2D eigenvalue weighted by Crippen LogP contribution is -2.37. The number of para-hydroxylation sites is 1. The van der Waals surface area contributed by atoms with Gasteiger partial charge in [0.1, 0.15) is 5.75 Å². The molecule has 0 heterocycles. The summed E-state index contributed by atoms with van der Waals surface area (Å²) in [6.45, 7) is 6.94. The Kier molecular flexibility index (Phi) is 6.36. The van der Waals surface area contributed by atoms with Crippen LogP contribution in [0.4, 0.5) is 0 Å². The monoisotopic (exact) mass is 265 g/mol. The quantitative estimate of drug-likeness (QED) is 0.819. The molecule has 1 aromatic rings. The second-order valence-corrected chi connectivity index (χ2v) is 4.61. The molecule has 0 aliphatic carbocycles. The van der Waals surface area contributed by atoms with E-state index in [1.807, 2.05) is 39.0 Å². The van der Waals surface area contributed by atoms with E-state index in [2.05, 4.69) is 0 Å². The zero-order valence-electron chi connectivity index (χ0n) is 12.0. The predicted octanol–water partition coefficient (Wildman–Crippen LogP) is 1.91. The summed E-state index contributed by atoms with van der Waals surface area (Å²) in [6, 6.07) is 5.89. The van der Waals surface area contributed by atoms with Crippen molar-refractivity contribution in [3.8, 4) is 5.75 Å². The molecule has 1 amide bonds. The highest BCUT2D eigenvalue weighted by molar-refractivity contribution is 5.77. The number of hydrogen-bond acceptors (Lipinski definition) is 3. The Bertz CT molecular complexity index is 392. The van der Waals surface area contributed by atoms with Crippen molar-refractivity contribution in [1.82, 2.24) is 4.90 Å². The van der Waals surface area contributed by atoms with Gasteiger partial charge in [0.2, 0.25) is 0 Å². The van der Waals surface area contributed by atoms with Crippen molar-refractivity contribution < 1.29 is 14.6 Å². The van der Waals surface area contributed by atoms with Crippen LogP contribution >= 0.6 is 0 Å². The number of hydrogen-bond donors (Lipinski definition) is 1. The number of nitrogens with zero attached hydrogens (tertiary/aromatic N) is 1. The van der Waals surface area contributed by atoms with Crippen molar-refractivity contribution in [2.75, 3.05) is 26.3 Å². The first-order valence-corrected chi connectivity index (χ1v) is 6.67. The van der Waals surface area contributed by atoms with Crippen molar-refractivity contribution in [3.05, 3.63) is 29.3 Å². The maximum absolute atomic E-state index is 12.0. The van der Waals surface area contributed by atoms with Crippen molar-refractivity contribution >= 4 is 5.91 Å². The van der Waals surface area contributed by atoms with Crippen molar-refractivity contribution in [3.63, 3.8) is 0 Å². The lowest BCUT2D eigenvalue weighted by Gasteiger charge is -2.21. The largest absolute Gasteiger partial charge is 0.483 e. The molecule has 0 saturated heterocycles. The molecule has 0 radical (unpaired) electrons. The summed E-state index contributed by atoms with van der Waals surface area (Å²) in [5.74, 6) is 0.690. The van der Waals surface area contributed by atoms with Crippen LogP contribution in [0.3, 0.4) is 0 Å². The number of carbonyl (C=O) groups is 1. The van der Waals surface area contributed by atoms with Gasteiger partial charge in [0.05, 0.1) is 6.61 Å². The standard InChI is InChI=1S/C15H23NO3/c1-4-8-16(9-10-17)14(18)11-19-15-12(2)6-5-7-13(15)3/h5-7,17H,4,8-11H2,1-3H3. The van der Waals surface area contributed by atoms with Gasteiger partial charge >= 0.3 is 0 Å². The van der Waals surface area contributed by atoms with Gasteiger partial charge in [0, 0.05) is 13.1 Å². The normalized spacial score (nSPS) is 10.3. The summed E-state index contributed by atoms with van der Waals surface area (Å²) in [4.78, 5) is 13.6. The molecule has 0 bridgehead atoms. The summed E-state index contributed by atoms with van der Waals surface area (Å²) >= 11 is 0. The Morgan fingerprint density at radius 3 is 2.42 bits per heavy atom. The summed E-state index contributed by atoms with van der Waals surface area (Å²) in [5, 5.41) is 8.95. The van der Waals surface area contributed by atoms with E-state index in [-0.39, 0.29) is 19.1 Å². The highest BCUT2D eigenvalue weighted by Gasteiger charge is 2.13. The first-order valence-electron chi connectivity index (χ1n) is 6.67. The van der Waals surface area contributed by atoms with Crippen LogP contribution in [0.2, 0.25) is 0 Å². The molecule has 0 fully saturated rings. The fourth-order valence-corrected chi connectivity index (χ4v) is 2.00. The highest BCUT2D eigenvalue weighted by Crippen LogP contribution is 2.22. The second kappa shape index (κ2) is 7.79. The molecular weight excluding hydrogens is 242 g/mol. The molecule has 19 heavy (non-hydrogen) atoms. The van der Waals surface area contributed by atoms with Crippen LogP contribution in [-0.2, 0) is 4.79 Å². The number of aliphatic hydroxyl groups excluding tert-OH is 1. The fraction of sp³-hybridized carbons (Fsp3) is 0.533. The molecule has 1 aromatic carbocycles. The number of aryl methyl sites for hydroxylation is 2. The average Bonchev–Trinajstić information content (AvgIpc) is 2.37. The van der Waals surface area contributed by atoms with Crippen LogP contribution in [0.25, 0.3) is 0 Å². The van der Waals surface area contributed by atoms with Gasteiger partial charge in [-0.25, -0.2) is 0 Å². The van der Waals surface area contributed by atoms with E-state index in [9.17, 15) is 4.79 Å². The van der Waals surface area contributed by atoms with Crippen molar-refractivity contribution in [2.45, 2.75) is 27.2 Å². The van der Waals surface area contributed by atoms with Crippen LogP contribution < -0.4 is 4.74 Å². The first kappa shape index (κ1) is 15.5. The van der Waals surface area contributed by atoms with Gasteiger partial charge in [-0.1, -0.05) is 25.1 Å². The summed E-state index contributed by atoms with van der Waals surface area (Å²) in [5.41, 5.74) is 2.05. The van der Waals surface area contributed by atoms with E-state index >= 15 is 0 Å². The molecule has 0 spiro atoms. The van der Waals surface area contributed by atoms with Crippen molar-refractivity contribution in [1.29, 1.82) is 0 Å². The van der Waals surface area contributed by atoms with E-state index in [4.69, 9.17) is 9.84 Å². The minimum Gasteiger partial charge on any atom is -0.483 e. The van der Waals surface area contributed by atoms with Gasteiger partial charge in [-0.15, -0.1) is 0 Å². The third kappa shape index (κ3) is 4.56. The molecule has 4 nitrogen and oxygen atoms in total. The molecular formula is C15H23NO3. The van der Waals surface area contributed by atoms with E-state index in [0.717, 1.165) is 23.3 Å². The molecule has 0 aromatic heterocycles. The predicted molar refractivity (Wildman–Crippen MR) is 75.4 cm³/mol. The molecule has 106 valence electrons.